The van der Waals surface area contributed by atoms with Gasteiger partial charge in [-0.05, 0) is 26.0 Å². The van der Waals surface area contributed by atoms with Crippen molar-refractivity contribution in [3.05, 3.63) is 30.3 Å². The zero-order valence-corrected chi connectivity index (χ0v) is 10.8. The molecule has 1 N–H and O–H groups in total. The molecule has 0 aliphatic carbocycles. The van der Waals surface area contributed by atoms with Crippen LogP contribution in [-0.4, -0.2) is 11.7 Å². The molecule has 0 spiro atoms. The first-order chi connectivity index (χ1) is 7.85. The summed E-state index contributed by atoms with van der Waals surface area (Å²) in [4.78, 5) is 24.0. The Bertz CT molecular complexity index is 407. The minimum Gasteiger partial charge on any atom is -0.325 e. The minimum atomic E-state index is -0.996. The Labute approximate surface area is 102 Å². The van der Waals surface area contributed by atoms with Crippen LogP contribution >= 0.6 is 0 Å². The normalized spacial score (nSPS) is 11.4. The van der Waals surface area contributed by atoms with Crippen LogP contribution in [0.4, 0.5) is 5.69 Å². The van der Waals surface area contributed by atoms with E-state index >= 15 is 0 Å². The number of carbonyl (C=O) groups is 2. The number of ketones is 1. The molecule has 0 aromatic heterocycles. The van der Waals surface area contributed by atoms with Gasteiger partial charge in [0, 0.05) is 11.6 Å². The SMILES string of the molecule is CC(C)C(=O)C(C)(C)C(=O)Nc1ccccc1. The molecular formula is C14H19NO2. The molecule has 0 atom stereocenters. The molecule has 0 unspecified atom stereocenters. The Morgan fingerprint density at radius 3 is 2.12 bits per heavy atom. The third kappa shape index (κ3) is 3.16. The minimum absolute atomic E-state index is 0.0501. The van der Waals surface area contributed by atoms with Gasteiger partial charge in [0.2, 0.25) is 5.91 Å². The van der Waals surface area contributed by atoms with Crippen molar-refractivity contribution in [1.82, 2.24) is 0 Å². The molecule has 1 aromatic carbocycles. The van der Waals surface area contributed by atoms with Gasteiger partial charge in [0.25, 0.3) is 0 Å². The number of amides is 1. The second kappa shape index (κ2) is 5.13. The predicted molar refractivity (Wildman–Crippen MR) is 68.7 cm³/mol. The number of Topliss-reactive ketones (excluding diaryl/α,β-unsaturated/α-hetero) is 1. The maximum Gasteiger partial charge on any atom is 0.237 e. The summed E-state index contributed by atoms with van der Waals surface area (Å²) in [5.74, 6) is -0.458. The molecule has 0 heterocycles. The number of hydrogen-bond donors (Lipinski definition) is 1. The van der Waals surface area contributed by atoms with Crippen LogP contribution in [0.2, 0.25) is 0 Å². The van der Waals surface area contributed by atoms with E-state index in [9.17, 15) is 9.59 Å². The lowest BCUT2D eigenvalue weighted by atomic mass is 9.81. The second-order valence-corrected chi connectivity index (χ2v) is 4.96. The van der Waals surface area contributed by atoms with Crippen LogP contribution in [0.1, 0.15) is 27.7 Å². The van der Waals surface area contributed by atoms with Gasteiger partial charge in [-0.15, -0.1) is 0 Å². The monoisotopic (exact) mass is 233 g/mol. The molecule has 0 saturated carbocycles. The van der Waals surface area contributed by atoms with Gasteiger partial charge >= 0.3 is 0 Å². The van der Waals surface area contributed by atoms with E-state index in [0.717, 1.165) is 0 Å². The first-order valence-corrected chi connectivity index (χ1v) is 5.76. The Morgan fingerprint density at radius 2 is 1.65 bits per heavy atom. The molecular weight excluding hydrogens is 214 g/mol. The fourth-order valence-corrected chi connectivity index (χ4v) is 1.64. The molecule has 0 aliphatic heterocycles. The Morgan fingerprint density at radius 1 is 1.12 bits per heavy atom. The van der Waals surface area contributed by atoms with Gasteiger partial charge in [-0.25, -0.2) is 0 Å². The lowest BCUT2D eigenvalue weighted by molar-refractivity contribution is -0.139. The molecule has 92 valence electrons. The molecule has 1 rings (SSSR count). The molecule has 17 heavy (non-hydrogen) atoms. The number of para-hydroxylation sites is 1. The molecule has 0 radical (unpaired) electrons. The highest BCUT2D eigenvalue weighted by Crippen LogP contribution is 2.23. The zero-order valence-electron chi connectivity index (χ0n) is 10.8. The molecule has 1 amide bonds. The molecule has 0 bridgehead atoms. The van der Waals surface area contributed by atoms with Crippen molar-refractivity contribution in [3.63, 3.8) is 0 Å². The highest BCUT2D eigenvalue weighted by Gasteiger charge is 2.36. The van der Waals surface area contributed by atoms with Crippen LogP contribution in [0, 0.1) is 11.3 Å². The summed E-state index contributed by atoms with van der Waals surface area (Å²) >= 11 is 0. The number of anilines is 1. The van der Waals surface area contributed by atoms with Crippen molar-refractivity contribution in [2.45, 2.75) is 27.7 Å². The lowest BCUT2D eigenvalue weighted by Gasteiger charge is -2.24. The molecule has 0 aliphatic rings. The fourth-order valence-electron chi connectivity index (χ4n) is 1.64. The average molecular weight is 233 g/mol. The molecule has 0 fully saturated rings. The van der Waals surface area contributed by atoms with Crippen LogP contribution in [0.15, 0.2) is 30.3 Å². The van der Waals surface area contributed by atoms with Crippen molar-refractivity contribution in [3.8, 4) is 0 Å². The fraction of sp³-hybridized carbons (Fsp3) is 0.429. The molecule has 3 nitrogen and oxygen atoms in total. The Balaban J connectivity index is 2.80. The van der Waals surface area contributed by atoms with Gasteiger partial charge in [-0.3, -0.25) is 9.59 Å². The van der Waals surface area contributed by atoms with E-state index in [1.54, 1.807) is 39.8 Å². The van der Waals surface area contributed by atoms with Crippen molar-refractivity contribution >= 4 is 17.4 Å². The van der Waals surface area contributed by atoms with Crippen molar-refractivity contribution in [2.24, 2.45) is 11.3 Å². The molecule has 3 heteroatoms. The highest BCUT2D eigenvalue weighted by atomic mass is 16.2. The van der Waals surface area contributed by atoms with E-state index in [0.29, 0.717) is 5.69 Å². The van der Waals surface area contributed by atoms with Crippen molar-refractivity contribution in [2.75, 3.05) is 5.32 Å². The molecule has 1 aromatic rings. The van der Waals surface area contributed by atoms with Crippen LogP contribution in [0.3, 0.4) is 0 Å². The lowest BCUT2D eigenvalue weighted by Crippen LogP contribution is -2.40. The van der Waals surface area contributed by atoms with E-state index in [-0.39, 0.29) is 17.6 Å². The van der Waals surface area contributed by atoms with Crippen LogP contribution in [0.25, 0.3) is 0 Å². The summed E-state index contributed by atoms with van der Waals surface area (Å²) in [7, 11) is 0. The van der Waals surface area contributed by atoms with Gasteiger partial charge < -0.3 is 5.32 Å². The maximum absolute atomic E-state index is 12.0. The summed E-state index contributed by atoms with van der Waals surface area (Å²) in [6.07, 6.45) is 0. The number of hydrogen-bond acceptors (Lipinski definition) is 2. The first-order valence-electron chi connectivity index (χ1n) is 5.76. The van der Waals surface area contributed by atoms with Crippen molar-refractivity contribution < 1.29 is 9.59 Å². The van der Waals surface area contributed by atoms with Crippen LogP contribution in [0.5, 0.6) is 0 Å². The quantitative estimate of drug-likeness (QED) is 0.813. The third-order valence-corrected chi connectivity index (χ3v) is 2.74. The Hall–Kier alpha value is -1.64. The summed E-state index contributed by atoms with van der Waals surface area (Å²) in [5.41, 5.74) is -0.286. The van der Waals surface area contributed by atoms with E-state index < -0.39 is 5.41 Å². The smallest absolute Gasteiger partial charge is 0.237 e. The predicted octanol–water partition coefficient (Wildman–Crippen LogP) is 2.88. The van der Waals surface area contributed by atoms with E-state index in [4.69, 9.17) is 0 Å². The van der Waals surface area contributed by atoms with Gasteiger partial charge in [-0.2, -0.15) is 0 Å². The molecule has 0 saturated heterocycles. The summed E-state index contributed by atoms with van der Waals surface area (Å²) in [6, 6.07) is 9.15. The highest BCUT2D eigenvalue weighted by molar-refractivity contribution is 6.11. The average Bonchev–Trinajstić information content (AvgIpc) is 2.29. The second-order valence-electron chi connectivity index (χ2n) is 4.96. The summed E-state index contributed by atoms with van der Waals surface area (Å²) < 4.78 is 0. The standard InChI is InChI=1S/C14H19NO2/c1-10(2)12(16)14(3,4)13(17)15-11-8-6-5-7-9-11/h5-10H,1-4H3,(H,15,17). The van der Waals surface area contributed by atoms with E-state index in [1.807, 2.05) is 18.2 Å². The zero-order chi connectivity index (χ0) is 13.1. The van der Waals surface area contributed by atoms with E-state index in [1.165, 1.54) is 0 Å². The topological polar surface area (TPSA) is 46.2 Å². The largest absolute Gasteiger partial charge is 0.325 e. The summed E-state index contributed by atoms with van der Waals surface area (Å²) in [5, 5.41) is 2.76. The Kier molecular flexibility index (Phi) is 4.05. The van der Waals surface area contributed by atoms with Gasteiger partial charge in [0.05, 0.1) is 0 Å². The van der Waals surface area contributed by atoms with Gasteiger partial charge in [-0.1, -0.05) is 32.0 Å². The first kappa shape index (κ1) is 13.4. The van der Waals surface area contributed by atoms with Gasteiger partial charge in [0.15, 0.2) is 0 Å². The third-order valence-electron chi connectivity index (χ3n) is 2.74. The van der Waals surface area contributed by atoms with Gasteiger partial charge in [0.1, 0.15) is 11.2 Å². The number of benzene rings is 1. The maximum atomic E-state index is 12.0. The number of carbonyl (C=O) groups excluding carboxylic acids is 2. The van der Waals surface area contributed by atoms with Crippen LogP contribution in [-0.2, 0) is 9.59 Å². The summed E-state index contributed by atoms with van der Waals surface area (Å²) in [6.45, 7) is 6.93. The number of nitrogens with one attached hydrogen (secondary N) is 1. The van der Waals surface area contributed by atoms with Crippen LogP contribution < -0.4 is 5.32 Å². The van der Waals surface area contributed by atoms with Crippen molar-refractivity contribution in [1.29, 1.82) is 0 Å². The number of rotatable bonds is 4. The van der Waals surface area contributed by atoms with E-state index in [2.05, 4.69) is 5.32 Å².